The first-order chi connectivity index (χ1) is 10.0. The molecular weight excluding hydrogens is 277 g/mol. The van der Waals surface area contributed by atoms with Gasteiger partial charge >= 0.3 is 0 Å². The maximum absolute atomic E-state index is 13.1. The summed E-state index contributed by atoms with van der Waals surface area (Å²) < 4.78 is 39.1. The fourth-order valence-electron chi connectivity index (χ4n) is 1.73. The van der Waals surface area contributed by atoms with Gasteiger partial charge in [0.2, 0.25) is 0 Å². The van der Waals surface area contributed by atoms with Gasteiger partial charge in [0, 0.05) is 0 Å². The molecule has 0 aliphatic heterocycles. The molecule has 0 aromatic heterocycles. The molecule has 5 heteroatoms. The highest BCUT2D eigenvalue weighted by molar-refractivity contribution is 5.89. The average Bonchev–Trinajstić information content (AvgIpc) is 2.50. The van der Waals surface area contributed by atoms with E-state index in [1.807, 2.05) is 12.1 Å². The van der Waals surface area contributed by atoms with Crippen LogP contribution in [0.5, 0.6) is 0 Å². The highest BCUT2D eigenvalue weighted by atomic mass is 19.2. The van der Waals surface area contributed by atoms with Crippen LogP contribution in [-0.2, 0) is 0 Å². The van der Waals surface area contributed by atoms with Gasteiger partial charge in [0.25, 0.3) is 0 Å². The lowest BCUT2D eigenvalue weighted by Crippen LogP contribution is -1.92. The summed E-state index contributed by atoms with van der Waals surface area (Å²) in [6.45, 7) is 0. The van der Waals surface area contributed by atoms with E-state index >= 15 is 0 Å². The molecule has 0 atom stereocenters. The number of halogens is 3. The quantitative estimate of drug-likeness (QED) is 0.474. The maximum Gasteiger partial charge on any atom is 0.194 e. The number of allylic oxidation sites excluding steroid dienone is 1. The summed E-state index contributed by atoms with van der Waals surface area (Å²) in [7, 11) is 0. The van der Waals surface area contributed by atoms with Crippen LogP contribution in [0.4, 0.5) is 13.2 Å². The van der Waals surface area contributed by atoms with Crippen molar-refractivity contribution in [3.63, 3.8) is 0 Å². The van der Waals surface area contributed by atoms with Gasteiger partial charge in [-0.3, -0.25) is 0 Å². The lowest BCUT2D eigenvalue weighted by Gasteiger charge is -2.02. The molecule has 0 spiro atoms. The second-order valence-corrected chi connectivity index (χ2v) is 4.16. The first-order valence-electron chi connectivity index (χ1n) is 5.82. The van der Waals surface area contributed by atoms with Crippen molar-refractivity contribution in [3.8, 4) is 12.1 Å². The van der Waals surface area contributed by atoms with Crippen molar-refractivity contribution in [2.45, 2.75) is 0 Å². The Hall–Kier alpha value is -3.05. The molecule has 0 saturated carbocycles. The van der Waals surface area contributed by atoms with Crippen LogP contribution in [0.25, 0.3) is 11.6 Å². The molecule has 0 aliphatic carbocycles. The molecule has 2 nitrogen and oxygen atoms in total. The van der Waals surface area contributed by atoms with Gasteiger partial charge in [-0.15, -0.1) is 0 Å². The highest BCUT2D eigenvalue weighted by Crippen LogP contribution is 2.21. The summed E-state index contributed by atoms with van der Waals surface area (Å²) in [5, 5.41) is 17.8. The number of nitriles is 2. The van der Waals surface area contributed by atoms with Crippen LogP contribution in [0.15, 0.2) is 36.4 Å². The topological polar surface area (TPSA) is 47.6 Å². The van der Waals surface area contributed by atoms with Gasteiger partial charge in [0.1, 0.15) is 0 Å². The van der Waals surface area contributed by atoms with E-state index in [-0.39, 0.29) is 11.1 Å². The van der Waals surface area contributed by atoms with E-state index in [2.05, 4.69) is 0 Å². The number of hydrogen-bond donors (Lipinski definition) is 0. The van der Waals surface area contributed by atoms with E-state index in [0.29, 0.717) is 11.1 Å². The summed E-state index contributed by atoms with van der Waals surface area (Å²) in [6, 6.07) is 11.6. The first-order valence-corrected chi connectivity index (χ1v) is 5.82. The zero-order valence-corrected chi connectivity index (χ0v) is 10.6. The third-order valence-corrected chi connectivity index (χ3v) is 2.76. The minimum absolute atomic E-state index is 0.0345. The number of rotatable bonds is 2. The van der Waals surface area contributed by atoms with Crippen LogP contribution in [0.1, 0.15) is 16.7 Å². The van der Waals surface area contributed by atoms with Gasteiger partial charge in [0.15, 0.2) is 17.5 Å². The Labute approximate surface area is 119 Å². The van der Waals surface area contributed by atoms with Crippen LogP contribution >= 0.6 is 0 Å². The van der Waals surface area contributed by atoms with E-state index < -0.39 is 17.5 Å². The van der Waals surface area contributed by atoms with Crippen LogP contribution in [0, 0.1) is 40.1 Å². The van der Waals surface area contributed by atoms with Crippen molar-refractivity contribution in [1.29, 1.82) is 10.5 Å². The molecule has 0 unspecified atom stereocenters. The minimum atomic E-state index is -1.55. The molecule has 2 rings (SSSR count). The highest BCUT2D eigenvalue weighted by Gasteiger charge is 2.10. The molecule has 2 aromatic carbocycles. The fourth-order valence-corrected chi connectivity index (χ4v) is 1.73. The first kappa shape index (κ1) is 14.4. The van der Waals surface area contributed by atoms with Crippen LogP contribution < -0.4 is 0 Å². The molecule has 2 aromatic rings. The van der Waals surface area contributed by atoms with Crippen molar-refractivity contribution >= 4 is 11.6 Å². The summed E-state index contributed by atoms with van der Waals surface area (Å²) in [5.41, 5.74) is 1.09. The molecule has 0 aliphatic rings. The van der Waals surface area contributed by atoms with Crippen molar-refractivity contribution in [3.05, 3.63) is 70.5 Å². The lowest BCUT2D eigenvalue weighted by atomic mass is 10.0. The number of hydrogen-bond acceptors (Lipinski definition) is 2. The Bertz CT molecular complexity index is 771. The molecule has 0 radical (unpaired) electrons. The van der Waals surface area contributed by atoms with Gasteiger partial charge < -0.3 is 0 Å². The summed E-state index contributed by atoms with van der Waals surface area (Å²) in [4.78, 5) is 0. The maximum atomic E-state index is 13.1. The van der Waals surface area contributed by atoms with Crippen molar-refractivity contribution < 1.29 is 13.2 Å². The van der Waals surface area contributed by atoms with Crippen LogP contribution in [0.2, 0.25) is 0 Å². The van der Waals surface area contributed by atoms with Crippen molar-refractivity contribution in [2.75, 3.05) is 0 Å². The Morgan fingerprint density at radius 1 is 0.952 bits per heavy atom. The summed E-state index contributed by atoms with van der Waals surface area (Å²) in [5.74, 6) is -4.19. The number of nitrogens with zero attached hydrogens (tertiary/aromatic N) is 2. The standard InChI is InChI=1S/C16H7F3N2/c17-14-6-11(7-15(18)16(14)19)5-13(9-21)12-3-1-10(8-20)2-4-12/h1-7H/b13-5+. The Kier molecular flexibility index (Phi) is 4.06. The third kappa shape index (κ3) is 3.10. The molecule has 102 valence electrons. The van der Waals surface area contributed by atoms with E-state index in [0.717, 1.165) is 12.1 Å². The molecule has 0 saturated heterocycles. The fraction of sp³-hybridized carbons (Fsp3) is 0. The molecule has 0 heterocycles. The van der Waals surface area contributed by atoms with Gasteiger partial charge in [-0.25, -0.2) is 13.2 Å². The summed E-state index contributed by atoms with van der Waals surface area (Å²) >= 11 is 0. The molecule has 0 N–H and O–H groups in total. The van der Waals surface area contributed by atoms with Crippen molar-refractivity contribution in [1.82, 2.24) is 0 Å². The second kappa shape index (κ2) is 5.94. The number of benzene rings is 2. The van der Waals surface area contributed by atoms with Crippen LogP contribution in [-0.4, -0.2) is 0 Å². The van der Waals surface area contributed by atoms with Crippen LogP contribution in [0.3, 0.4) is 0 Å². The van der Waals surface area contributed by atoms with E-state index in [4.69, 9.17) is 10.5 Å². The summed E-state index contributed by atoms with van der Waals surface area (Å²) in [6.07, 6.45) is 1.24. The largest absolute Gasteiger partial charge is 0.204 e. The Morgan fingerprint density at radius 3 is 2.00 bits per heavy atom. The molecular formula is C16H7F3N2. The van der Waals surface area contributed by atoms with Gasteiger partial charge in [0.05, 0.1) is 23.3 Å². The van der Waals surface area contributed by atoms with Gasteiger partial charge in [-0.1, -0.05) is 12.1 Å². The predicted molar refractivity (Wildman–Crippen MR) is 71.0 cm³/mol. The lowest BCUT2D eigenvalue weighted by molar-refractivity contribution is 0.447. The zero-order chi connectivity index (χ0) is 15.4. The Morgan fingerprint density at radius 2 is 1.52 bits per heavy atom. The molecule has 21 heavy (non-hydrogen) atoms. The smallest absolute Gasteiger partial charge is 0.194 e. The molecule has 0 fully saturated rings. The minimum Gasteiger partial charge on any atom is -0.204 e. The predicted octanol–water partition coefficient (Wildman–Crippen LogP) is 4.04. The normalized spacial score (nSPS) is 10.8. The Balaban J connectivity index is 2.46. The van der Waals surface area contributed by atoms with E-state index in [1.165, 1.54) is 18.2 Å². The van der Waals surface area contributed by atoms with Gasteiger partial charge in [-0.05, 0) is 41.5 Å². The van der Waals surface area contributed by atoms with Crippen molar-refractivity contribution in [2.24, 2.45) is 0 Å². The second-order valence-electron chi connectivity index (χ2n) is 4.16. The molecule has 0 bridgehead atoms. The SMILES string of the molecule is N#C/C(=C\c1cc(F)c(F)c(F)c1)c1ccc(C#N)cc1. The molecule has 0 amide bonds. The monoisotopic (exact) mass is 284 g/mol. The van der Waals surface area contributed by atoms with E-state index in [1.54, 1.807) is 12.1 Å². The van der Waals surface area contributed by atoms with Gasteiger partial charge in [-0.2, -0.15) is 10.5 Å². The average molecular weight is 284 g/mol. The van der Waals surface area contributed by atoms with E-state index in [9.17, 15) is 13.2 Å². The third-order valence-electron chi connectivity index (χ3n) is 2.76. The zero-order valence-electron chi connectivity index (χ0n) is 10.6.